The van der Waals surface area contributed by atoms with E-state index in [1.165, 1.54) is 0 Å². The molecule has 9 nitrogen and oxygen atoms in total. The van der Waals surface area contributed by atoms with Gasteiger partial charge in [0.1, 0.15) is 0 Å². The predicted octanol–water partition coefficient (Wildman–Crippen LogP) is -1.86. The Kier molecular flexibility index (Phi) is 7.94. The van der Waals surface area contributed by atoms with Crippen LogP contribution in [0.2, 0.25) is 0 Å². The van der Waals surface area contributed by atoms with Gasteiger partial charge in [0.2, 0.25) is 0 Å². The zero-order chi connectivity index (χ0) is 13.6. The Balaban J connectivity index is 0. The molecule has 10 heteroatoms. The normalized spacial score (nSPS) is 10.2. The first-order chi connectivity index (χ1) is 7.67. The minimum absolute atomic E-state index is 0. The zero-order valence-electron chi connectivity index (χ0n) is 9.05. The van der Waals surface area contributed by atoms with Crippen molar-refractivity contribution in [2.75, 3.05) is 26.2 Å². The first-order valence-corrected chi connectivity index (χ1v) is 4.39. The maximum atomic E-state index is 10.6. The van der Waals surface area contributed by atoms with E-state index in [4.69, 9.17) is 20.4 Å². The summed E-state index contributed by atoms with van der Waals surface area (Å²) < 4.78 is -1.07. The molecule has 0 amide bonds. The summed E-state index contributed by atoms with van der Waals surface area (Å²) in [6.07, 6.45) is 0. The molecule has 4 N–H and O–H groups in total. The minimum atomic E-state index is -1.46. The molecular weight excluding hydrogens is 294 g/mol. The Morgan fingerprint density at radius 2 is 0.778 bits per heavy atom. The number of carbonyl (C=O) groups is 4. The van der Waals surface area contributed by atoms with Crippen LogP contribution in [0.4, 0.5) is 0 Å². The van der Waals surface area contributed by atoms with Crippen LogP contribution < -0.4 is 0 Å². The minimum Gasteiger partial charge on any atom is -0.477 e. The molecular formula is C8H12FeNO8+. The van der Waals surface area contributed by atoms with Gasteiger partial charge in [0.25, 0.3) is 0 Å². The summed E-state index contributed by atoms with van der Waals surface area (Å²) in [6, 6.07) is 0. The molecule has 0 spiro atoms. The van der Waals surface area contributed by atoms with Crippen LogP contribution in [-0.2, 0) is 36.2 Å². The van der Waals surface area contributed by atoms with E-state index in [-0.39, 0.29) is 17.1 Å². The largest absolute Gasteiger partial charge is 0.477 e. The van der Waals surface area contributed by atoms with Crippen LogP contribution in [0.15, 0.2) is 0 Å². The number of hydrogen-bond donors (Lipinski definition) is 4. The van der Waals surface area contributed by atoms with E-state index in [1.807, 2.05) is 0 Å². The van der Waals surface area contributed by atoms with Crippen LogP contribution in [0, 0.1) is 0 Å². The van der Waals surface area contributed by atoms with Gasteiger partial charge in [0.05, 0.1) is 0 Å². The molecule has 0 heterocycles. The molecule has 0 fully saturated rings. The molecule has 0 aromatic rings. The van der Waals surface area contributed by atoms with E-state index >= 15 is 0 Å². The molecule has 0 atom stereocenters. The maximum Gasteiger partial charge on any atom is 0.359 e. The molecule has 0 aliphatic rings. The third kappa shape index (κ3) is 7.60. The number of quaternary nitrogens is 1. The van der Waals surface area contributed by atoms with E-state index in [9.17, 15) is 19.2 Å². The van der Waals surface area contributed by atoms with Crippen LogP contribution in [0.25, 0.3) is 0 Å². The number of carboxylic acids is 4. The van der Waals surface area contributed by atoms with Crippen LogP contribution in [0.3, 0.4) is 0 Å². The van der Waals surface area contributed by atoms with Crippen LogP contribution in [0.5, 0.6) is 0 Å². The molecule has 18 heavy (non-hydrogen) atoms. The van der Waals surface area contributed by atoms with Crippen molar-refractivity contribution in [3.8, 4) is 0 Å². The molecule has 0 rings (SSSR count). The summed E-state index contributed by atoms with van der Waals surface area (Å²) in [6.45, 7) is -3.54. The molecule has 0 saturated carbocycles. The van der Waals surface area contributed by atoms with Gasteiger partial charge in [0.15, 0.2) is 26.2 Å². The second-order valence-corrected chi connectivity index (χ2v) is 3.55. The van der Waals surface area contributed by atoms with E-state index in [1.54, 1.807) is 0 Å². The van der Waals surface area contributed by atoms with Gasteiger partial charge in [0, 0.05) is 17.1 Å². The first-order valence-electron chi connectivity index (χ1n) is 4.39. The summed E-state index contributed by atoms with van der Waals surface area (Å²) in [5, 5.41) is 34.4. The van der Waals surface area contributed by atoms with Gasteiger partial charge < -0.3 is 20.4 Å². The third-order valence-corrected chi connectivity index (χ3v) is 1.88. The monoisotopic (exact) mass is 306 g/mol. The van der Waals surface area contributed by atoms with E-state index < -0.39 is 54.5 Å². The van der Waals surface area contributed by atoms with Crippen LogP contribution in [0.1, 0.15) is 0 Å². The van der Waals surface area contributed by atoms with Gasteiger partial charge in [-0.1, -0.05) is 0 Å². The molecule has 0 unspecified atom stereocenters. The fourth-order valence-corrected chi connectivity index (χ4v) is 1.48. The molecule has 0 radical (unpaired) electrons. The second kappa shape index (κ2) is 7.64. The fourth-order valence-electron chi connectivity index (χ4n) is 1.48. The van der Waals surface area contributed by atoms with E-state index in [2.05, 4.69) is 0 Å². The Hall–Kier alpha value is -1.64. The van der Waals surface area contributed by atoms with Gasteiger partial charge in [-0.05, 0) is 0 Å². The van der Waals surface area contributed by atoms with Crippen molar-refractivity contribution in [1.29, 1.82) is 0 Å². The molecule has 0 saturated heterocycles. The van der Waals surface area contributed by atoms with Crippen molar-refractivity contribution in [2.45, 2.75) is 0 Å². The van der Waals surface area contributed by atoms with E-state index in [0.717, 1.165) is 0 Å². The quantitative estimate of drug-likeness (QED) is 0.301. The summed E-state index contributed by atoms with van der Waals surface area (Å²) in [5.74, 6) is -5.86. The molecule has 0 aromatic carbocycles. The van der Waals surface area contributed by atoms with Gasteiger partial charge in [-0.25, -0.2) is 19.2 Å². The van der Waals surface area contributed by atoms with Crippen molar-refractivity contribution in [1.82, 2.24) is 0 Å². The topological polar surface area (TPSA) is 149 Å². The smallest absolute Gasteiger partial charge is 0.359 e. The molecule has 0 aliphatic carbocycles. The van der Waals surface area contributed by atoms with Crippen LogP contribution in [-0.4, -0.2) is 75.0 Å². The SMILES string of the molecule is O=C(O)C[N+](CC(=O)O)(CC(=O)O)CC(=O)O.[Fe]. The van der Waals surface area contributed by atoms with Gasteiger partial charge in [-0.3, -0.25) is 4.48 Å². The summed E-state index contributed by atoms with van der Waals surface area (Å²) >= 11 is 0. The summed E-state index contributed by atoms with van der Waals surface area (Å²) in [5.41, 5.74) is 0. The fraction of sp³-hybridized carbons (Fsp3) is 0.500. The number of hydrogen-bond acceptors (Lipinski definition) is 4. The first kappa shape index (κ1) is 18.7. The van der Waals surface area contributed by atoms with Gasteiger partial charge >= 0.3 is 23.9 Å². The Bertz CT molecular complexity index is 285. The number of aliphatic carboxylic acids is 4. The van der Waals surface area contributed by atoms with Crippen molar-refractivity contribution in [3.63, 3.8) is 0 Å². The summed E-state index contributed by atoms with van der Waals surface area (Å²) in [7, 11) is 0. The average molecular weight is 306 g/mol. The Labute approximate surface area is 112 Å². The van der Waals surface area contributed by atoms with Crippen molar-refractivity contribution < 1.29 is 61.2 Å². The maximum absolute atomic E-state index is 10.6. The number of nitrogens with zero attached hydrogens (tertiary/aromatic N) is 1. The van der Waals surface area contributed by atoms with Crippen molar-refractivity contribution in [2.24, 2.45) is 0 Å². The predicted molar refractivity (Wildman–Crippen MR) is 50.3 cm³/mol. The van der Waals surface area contributed by atoms with Gasteiger partial charge in [-0.15, -0.1) is 0 Å². The third-order valence-electron chi connectivity index (χ3n) is 1.88. The Morgan fingerprint density at radius 3 is 0.889 bits per heavy atom. The average Bonchev–Trinajstić information content (AvgIpc) is 1.95. The molecule has 104 valence electrons. The van der Waals surface area contributed by atoms with Crippen molar-refractivity contribution >= 4 is 23.9 Å². The molecule has 0 aliphatic heterocycles. The van der Waals surface area contributed by atoms with Gasteiger partial charge in [-0.2, -0.15) is 0 Å². The van der Waals surface area contributed by atoms with Crippen molar-refractivity contribution in [3.05, 3.63) is 0 Å². The number of rotatable bonds is 8. The molecule has 0 bridgehead atoms. The zero-order valence-corrected chi connectivity index (χ0v) is 10.2. The second-order valence-electron chi connectivity index (χ2n) is 3.55. The standard InChI is InChI=1S/C8H11NO8.Fe/c10-5(11)1-9(2-6(12)13,3-7(14)15)4-8(16)17;/h1-4H2,(H3-,10,11,12,13,14,15,16,17);/p+1. The van der Waals surface area contributed by atoms with Crippen LogP contribution >= 0.6 is 0 Å². The Morgan fingerprint density at radius 1 is 0.611 bits per heavy atom. The number of carboxylic acid groups (broad SMARTS) is 4. The van der Waals surface area contributed by atoms with E-state index in [0.29, 0.717) is 0 Å². The molecule has 0 aromatic heterocycles. The summed E-state index contributed by atoms with van der Waals surface area (Å²) in [4.78, 5) is 42.3.